The van der Waals surface area contributed by atoms with Gasteiger partial charge in [0.25, 0.3) is 10.0 Å². The van der Waals surface area contributed by atoms with Gasteiger partial charge >= 0.3 is 6.03 Å². The van der Waals surface area contributed by atoms with Gasteiger partial charge in [-0.1, -0.05) is 35.9 Å². The second-order valence-corrected chi connectivity index (χ2v) is 11.8. The van der Waals surface area contributed by atoms with E-state index in [1.807, 2.05) is 29.0 Å². The fraction of sp³-hybridized carbons (Fsp3) is 0.200. The Kier molecular flexibility index (Phi) is 8.84. The number of carbonyl (C=O) groups excluding carboxylic acids is 1. The number of urea groups is 1. The predicted octanol–water partition coefficient (Wildman–Crippen LogP) is 4.93. The van der Waals surface area contributed by atoms with Gasteiger partial charge in [-0.3, -0.25) is 4.98 Å². The molecule has 1 aliphatic rings. The fourth-order valence-corrected chi connectivity index (χ4v) is 5.57. The van der Waals surface area contributed by atoms with Crippen molar-refractivity contribution >= 4 is 33.3 Å². The first-order valence-electron chi connectivity index (χ1n) is 13.0. The van der Waals surface area contributed by atoms with Gasteiger partial charge in [0.05, 0.1) is 11.0 Å². The van der Waals surface area contributed by atoms with Crippen molar-refractivity contribution in [2.75, 3.05) is 18.4 Å². The molecule has 0 saturated heterocycles. The van der Waals surface area contributed by atoms with Crippen molar-refractivity contribution < 1.29 is 23.1 Å². The van der Waals surface area contributed by atoms with Crippen molar-refractivity contribution in [1.82, 2.24) is 15.0 Å². The zero-order chi connectivity index (χ0) is 28.8. The van der Waals surface area contributed by atoms with E-state index in [0.717, 1.165) is 40.8 Å². The minimum absolute atomic E-state index is 0.0108. The first-order chi connectivity index (χ1) is 19.8. The third-order valence-electron chi connectivity index (χ3n) is 6.70. The summed E-state index contributed by atoms with van der Waals surface area (Å²) in [4.78, 5) is 16.2. The molecular formula is C30H29ClN4O5S. The van der Waals surface area contributed by atoms with E-state index >= 15 is 0 Å². The minimum atomic E-state index is -4.07. The molecule has 0 fully saturated rings. The summed E-state index contributed by atoms with van der Waals surface area (Å²) in [5.74, 6) is 0.815. The average molecular weight is 593 g/mol. The highest BCUT2D eigenvalue weighted by Gasteiger charge is 2.21. The first kappa shape index (κ1) is 28.6. The molecule has 11 heteroatoms. The van der Waals surface area contributed by atoms with Crippen LogP contribution in [0.1, 0.15) is 23.7 Å². The molecule has 2 atom stereocenters. The Morgan fingerprint density at radius 2 is 1.80 bits per heavy atom. The topological polar surface area (TPSA) is 130 Å². The standard InChI is InChI=1S/C30H29ClN4O5S/c31-24-7-9-25(10-8-24)34-30(37)35-41(38,39)27-12-4-20(5-13-27)21-6-14-29-22(16-21)3-11-26(40-29)18-33-19-28(36)23-2-1-15-32-17-23/h1-2,4-10,12-17,26,28,33,36H,3,11,18-19H2,(H2,34,35,37). The Bertz CT molecular complexity index is 1600. The van der Waals surface area contributed by atoms with E-state index in [1.54, 1.807) is 54.9 Å². The van der Waals surface area contributed by atoms with Crippen LogP contribution in [0.2, 0.25) is 5.02 Å². The van der Waals surface area contributed by atoms with E-state index in [1.165, 1.54) is 12.1 Å². The molecule has 41 heavy (non-hydrogen) atoms. The van der Waals surface area contributed by atoms with Crippen molar-refractivity contribution in [3.8, 4) is 16.9 Å². The van der Waals surface area contributed by atoms with Gasteiger partial charge in [-0.2, -0.15) is 0 Å². The molecule has 9 nitrogen and oxygen atoms in total. The Labute approximate surface area is 243 Å². The number of amides is 2. The van der Waals surface area contributed by atoms with Gasteiger partial charge < -0.3 is 20.5 Å². The van der Waals surface area contributed by atoms with E-state index in [0.29, 0.717) is 23.8 Å². The fourth-order valence-electron chi connectivity index (χ4n) is 4.54. The van der Waals surface area contributed by atoms with Crippen LogP contribution in [0.25, 0.3) is 11.1 Å². The number of hydrogen-bond donors (Lipinski definition) is 4. The van der Waals surface area contributed by atoms with Crippen molar-refractivity contribution in [2.24, 2.45) is 0 Å². The zero-order valence-electron chi connectivity index (χ0n) is 22.0. The van der Waals surface area contributed by atoms with Crippen molar-refractivity contribution in [1.29, 1.82) is 0 Å². The molecule has 212 valence electrons. The number of ether oxygens (including phenoxy) is 1. The largest absolute Gasteiger partial charge is 0.489 e. The van der Waals surface area contributed by atoms with Crippen LogP contribution in [0.3, 0.4) is 0 Å². The van der Waals surface area contributed by atoms with Crippen LogP contribution < -0.4 is 20.1 Å². The molecule has 0 aliphatic carbocycles. The van der Waals surface area contributed by atoms with Crippen LogP contribution in [-0.2, 0) is 16.4 Å². The third-order valence-corrected chi connectivity index (χ3v) is 8.29. The number of pyridine rings is 1. The summed E-state index contributed by atoms with van der Waals surface area (Å²) in [6.45, 7) is 1.02. The number of anilines is 1. The van der Waals surface area contributed by atoms with E-state index in [2.05, 4.69) is 15.6 Å². The molecule has 1 aromatic heterocycles. The third kappa shape index (κ3) is 7.42. The lowest BCUT2D eigenvalue weighted by Gasteiger charge is -2.27. The van der Waals surface area contributed by atoms with Crippen LogP contribution in [0.4, 0.5) is 10.5 Å². The highest BCUT2D eigenvalue weighted by atomic mass is 35.5. The lowest BCUT2D eigenvalue weighted by Crippen LogP contribution is -2.36. The number of aliphatic hydroxyl groups is 1. The number of nitrogens with zero attached hydrogens (tertiary/aromatic N) is 1. The second-order valence-electron chi connectivity index (χ2n) is 9.65. The summed E-state index contributed by atoms with van der Waals surface area (Å²) in [5, 5.41) is 16.6. The van der Waals surface area contributed by atoms with Crippen LogP contribution in [-0.4, -0.2) is 43.7 Å². The number of benzene rings is 3. The summed E-state index contributed by atoms with van der Waals surface area (Å²) in [6.07, 6.45) is 4.35. The van der Waals surface area contributed by atoms with Crippen molar-refractivity contribution in [3.05, 3.63) is 107 Å². The van der Waals surface area contributed by atoms with Crippen LogP contribution >= 0.6 is 11.6 Å². The molecule has 3 aromatic carbocycles. The van der Waals surface area contributed by atoms with Crippen LogP contribution in [0, 0.1) is 0 Å². The van der Waals surface area contributed by atoms with Gasteiger partial charge in [0, 0.05) is 41.8 Å². The maximum absolute atomic E-state index is 12.7. The zero-order valence-corrected chi connectivity index (χ0v) is 23.5. The monoisotopic (exact) mass is 592 g/mol. The van der Waals surface area contributed by atoms with E-state index in [-0.39, 0.29) is 11.0 Å². The lowest BCUT2D eigenvalue weighted by molar-refractivity contribution is 0.146. The van der Waals surface area contributed by atoms with Gasteiger partial charge in [-0.15, -0.1) is 0 Å². The Morgan fingerprint density at radius 1 is 1.05 bits per heavy atom. The van der Waals surface area contributed by atoms with Crippen LogP contribution in [0.15, 0.2) is 96.2 Å². The first-order valence-corrected chi connectivity index (χ1v) is 14.9. The summed E-state index contributed by atoms with van der Waals surface area (Å²) in [7, 11) is -4.07. The normalized spacial score (nSPS) is 15.3. The molecule has 0 saturated carbocycles. The number of halogens is 1. The number of fused-ring (bicyclic) bond motifs is 1. The number of carbonyl (C=O) groups is 1. The molecular weight excluding hydrogens is 564 g/mol. The number of hydrogen-bond acceptors (Lipinski definition) is 7. The van der Waals surface area contributed by atoms with E-state index < -0.39 is 22.2 Å². The average Bonchev–Trinajstić information content (AvgIpc) is 2.98. The highest BCUT2D eigenvalue weighted by molar-refractivity contribution is 7.90. The van der Waals surface area contributed by atoms with Gasteiger partial charge in [0.2, 0.25) is 0 Å². The van der Waals surface area contributed by atoms with Crippen LogP contribution in [0.5, 0.6) is 5.75 Å². The lowest BCUT2D eigenvalue weighted by atomic mass is 9.97. The molecule has 0 bridgehead atoms. The summed E-state index contributed by atoms with van der Waals surface area (Å²) < 4.78 is 33.6. The second kappa shape index (κ2) is 12.7. The molecule has 0 radical (unpaired) electrons. The number of rotatable bonds is 9. The maximum Gasteiger partial charge on any atom is 0.333 e. The van der Waals surface area contributed by atoms with Crippen molar-refractivity contribution in [3.63, 3.8) is 0 Å². The van der Waals surface area contributed by atoms with Gasteiger partial charge in [-0.05, 0) is 84.1 Å². The minimum Gasteiger partial charge on any atom is -0.489 e. The Hall–Kier alpha value is -3.96. The van der Waals surface area contributed by atoms with E-state index in [4.69, 9.17) is 16.3 Å². The predicted molar refractivity (Wildman–Crippen MR) is 157 cm³/mol. The molecule has 5 rings (SSSR count). The molecule has 1 aliphatic heterocycles. The molecule has 2 heterocycles. The molecule has 0 spiro atoms. The number of nitrogens with one attached hydrogen (secondary N) is 3. The quantitative estimate of drug-likeness (QED) is 0.217. The highest BCUT2D eigenvalue weighted by Crippen LogP contribution is 2.32. The molecule has 2 amide bonds. The van der Waals surface area contributed by atoms with E-state index in [9.17, 15) is 18.3 Å². The number of aliphatic hydroxyl groups excluding tert-OH is 1. The Balaban J connectivity index is 1.16. The maximum atomic E-state index is 12.7. The number of aromatic nitrogens is 1. The summed E-state index contributed by atoms with van der Waals surface area (Å²) in [5.41, 5.74) is 4.03. The van der Waals surface area contributed by atoms with Gasteiger partial charge in [-0.25, -0.2) is 17.9 Å². The van der Waals surface area contributed by atoms with Gasteiger partial charge in [0.1, 0.15) is 11.9 Å². The summed E-state index contributed by atoms with van der Waals surface area (Å²) >= 11 is 5.83. The molecule has 4 aromatic rings. The SMILES string of the molecule is O=C(Nc1ccc(Cl)cc1)NS(=O)(=O)c1ccc(-c2ccc3c(c2)CCC(CNCC(O)c2cccnc2)O3)cc1. The summed E-state index contributed by atoms with van der Waals surface area (Å²) in [6, 6.07) is 21.3. The van der Waals surface area contributed by atoms with Crippen molar-refractivity contribution in [2.45, 2.75) is 29.9 Å². The Morgan fingerprint density at radius 3 is 2.54 bits per heavy atom. The number of sulfonamides is 1. The number of aryl methyl sites for hydroxylation is 1. The van der Waals surface area contributed by atoms with Gasteiger partial charge in [0.15, 0.2) is 0 Å². The smallest absolute Gasteiger partial charge is 0.333 e. The molecule has 2 unspecified atom stereocenters. The molecule has 4 N–H and O–H groups in total.